The molecule has 1 aromatic heterocycles. The maximum absolute atomic E-state index is 11.0. The highest BCUT2D eigenvalue weighted by atomic mass is 32.2. The van der Waals surface area contributed by atoms with Crippen LogP contribution in [0.15, 0.2) is 70.1 Å². The highest BCUT2D eigenvalue weighted by Crippen LogP contribution is 2.45. The van der Waals surface area contributed by atoms with Gasteiger partial charge < -0.3 is 9.45 Å². The first-order valence-electron chi connectivity index (χ1n) is 10.1. The van der Waals surface area contributed by atoms with Crippen molar-refractivity contribution < 1.29 is 17.5 Å². The summed E-state index contributed by atoms with van der Waals surface area (Å²) in [5.41, 5.74) is 3.41. The second kappa shape index (κ2) is 9.16. The van der Waals surface area contributed by atoms with Gasteiger partial charge in [-0.2, -0.15) is 4.57 Å². The minimum Gasteiger partial charge on any atom is -0.748 e. The number of thiazole rings is 1. The zero-order valence-electron chi connectivity index (χ0n) is 17.4. The molecule has 0 saturated heterocycles. The number of aromatic nitrogens is 1. The standard InChI is InChI=1S/C23H24N2O3S3/c1-3-24-18-9-4-6-11-20(18)29-22(24)15-17(2)16-23-25(13-8-14-31(26,27)28)19-10-5-7-12-21(19)30-23/h4-7,9-12,15-16H,3,8,13-14H2,1-2H3. The van der Waals surface area contributed by atoms with Crippen LogP contribution in [0.1, 0.15) is 25.3 Å². The van der Waals surface area contributed by atoms with Gasteiger partial charge in [0.15, 0.2) is 6.54 Å². The number of allylic oxidation sites excluding steroid dienone is 2. The highest BCUT2D eigenvalue weighted by Gasteiger charge is 2.24. The van der Waals surface area contributed by atoms with Crippen LogP contribution in [0.3, 0.4) is 0 Å². The number of hydrogen-bond donors (Lipinski definition) is 0. The average Bonchev–Trinajstić information content (AvgIpc) is 3.24. The lowest BCUT2D eigenvalue weighted by molar-refractivity contribution is -0.668. The Bertz CT molecular complexity index is 1280. The Labute approximate surface area is 191 Å². The molecular formula is C23H24N2O3S3. The Balaban J connectivity index is 1.65. The SMILES string of the molecule is CCN1/C(=C\C(C)=C\c2sc3ccccc3[n+]2CCCS(=O)(=O)[O-])Sc2ccccc21. The van der Waals surface area contributed by atoms with Crippen LogP contribution in [0.4, 0.5) is 5.69 Å². The number of hydrogen-bond acceptors (Lipinski definition) is 6. The van der Waals surface area contributed by atoms with Crippen LogP contribution >= 0.6 is 23.1 Å². The quantitative estimate of drug-likeness (QED) is 0.358. The molecule has 0 fully saturated rings. The number of fused-ring (bicyclic) bond motifs is 2. The van der Waals surface area contributed by atoms with E-state index in [4.69, 9.17) is 0 Å². The zero-order valence-corrected chi connectivity index (χ0v) is 19.9. The summed E-state index contributed by atoms with van der Waals surface area (Å²) in [4.78, 5) is 3.58. The van der Waals surface area contributed by atoms with Crippen molar-refractivity contribution >= 4 is 55.2 Å². The summed E-state index contributed by atoms with van der Waals surface area (Å²) in [5.74, 6) is -0.350. The molecule has 2 heterocycles. The van der Waals surface area contributed by atoms with E-state index < -0.39 is 10.1 Å². The predicted molar refractivity (Wildman–Crippen MR) is 128 cm³/mol. The molecule has 5 nitrogen and oxygen atoms in total. The van der Waals surface area contributed by atoms with Crippen LogP contribution in [-0.2, 0) is 16.7 Å². The van der Waals surface area contributed by atoms with Crippen molar-refractivity contribution in [1.82, 2.24) is 0 Å². The number of anilines is 1. The molecule has 162 valence electrons. The monoisotopic (exact) mass is 472 g/mol. The molecule has 3 aromatic rings. The van der Waals surface area contributed by atoms with Crippen LogP contribution in [0.5, 0.6) is 0 Å². The smallest absolute Gasteiger partial charge is 0.263 e. The molecule has 1 aliphatic heterocycles. The van der Waals surface area contributed by atoms with Crippen molar-refractivity contribution in [1.29, 1.82) is 0 Å². The van der Waals surface area contributed by atoms with Crippen LogP contribution in [0.2, 0.25) is 0 Å². The number of rotatable bonds is 7. The fourth-order valence-electron chi connectivity index (χ4n) is 3.71. The van der Waals surface area contributed by atoms with Gasteiger partial charge in [0.1, 0.15) is 4.70 Å². The predicted octanol–water partition coefficient (Wildman–Crippen LogP) is 5.00. The molecule has 0 spiro atoms. The number of thioether (sulfide) groups is 1. The maximum atomic E-state index is 11.0. The van der Waals surface area contributed by atoms with Gasteiger partial charge in [-0.25, -0.2) is 8.42 Å². The molecule has 0 unspecified atom stereocenters. The highest BCUT2D eigenvalue weighted by molar-refractivity contribution is 8.03. The lowest BCUT2D eigenvalue weighted by atomic mass is 10.2. The average molecular weight is 473 g/mol. The molecule has 2 aromatic carbocycles. The molecule has 0 saturated carbocycles. The normalized spacial score (nSPS) is 15.8. The van der Waals surface area contributed by atoms with Crippen molar-refractivity contribution in [2.24, 2.45) is 0 Å². The minimum absolute atomic E-state index is 0.299. The number of para-hydroxylation sites is 2. The Morgan fingerprint density at radius 1 is 1.16 bits per heavy atom. The Kier molecular flexibility index (Phi) is 6.52. The van der Waals surface area contributed by atoms with Gasteiger partial charge in [-0.15, -0.1) is 0 Å². The van der Waals surface area contributed by atoms with E-state index in [0.717, 1.165) is 27.3 Å². The van der Waals surface area contributed by atoms with Gasteiger partial charge >= 0.3 is 0 Å². The largest absolute Gasteiger partial charge is 0.748 e. The zero-order chi connectivity index (χ0) is 22.0. The van der Waals surface area contributed by atoms with E-state index in [9.17, 15) is 13.0 Å². The number of benzene rings is 2. The topological polar surface area (TPSA) is 64.3 Å². The summed E-state index contributed by atoms with van der Waals surface area (Å²) < 4.78 is 36.4. The van der Waals surface area contributed by atoms with Gasteiger partial charge in [-0.3, -0.25) is 0 Å². The third kappa shape index (κ3) is 5.03. The molecule has 0 N–H and O–H groups in total. The Morgan fingerprint density at radius 3 is 2.68 bits per heavy atom. The molecule has 4 rings (SSSR count). The molecule has 0 amide bonds. The maximum Gasteiger partial charge on any atom is 0.263 e. The fourth-order valence-corrected chi connectivity index (χ4v) is 6.63. The van der Waals surface area contributed by atoms with E-state index in [2.05, 4.69) is 65.8 Å². The van der Waals surface area contributed by atoms with Crippen LogP contribution < -0.4 is 9.47 Å². The molecule has 0 atom stereocenters. The van der Waals surface area contributed by atoms with E-state index >= 15 is 0 Å². The summed E-state index contributed by atoms with van der Waals surface area (Å²) in [6.07, 6.45) is 4.64. The van der Waals surface area contributed by atoms with Gasteiger partial charge in [0.05, 0.1) is 20.8 Å². The Morgan fingerprint density at radius 2 is 1.90 bits per heavy atom. The number of nitrogens with zero attached hydrogens (tertiary/aromatic N) is 2. The fraction of sp³-hybridized carbons (Fsp3) is 0.261. The molecule has 0 aliphatic carbocycles. The lowest BCUT2D eigenvalue weighted by Gasteiger charge is -2.17. The third-order valence-electron chi connectivity index (χ3n) is 5.07. The lowest BCUT2D eigenvalue weighted by Crippen LogP contribution is -2.36. The van der Waals surface area contributed by atoms with E-state index in [1.54, 1.807) is 23.1 Å². The summed E-state index contributed by atoms with van der Waals surface area (Å²) in [5, 5.41) is 2.24. The van der Waals surface area contributed by atoms with E-state index in [-0.39, 0.29) is 5.75 Å². The van der Waals surface area contributed by atoms with E-state index in [1.165, 1.54) is 15.6 Å². The molecule has 31 heavy (non-hydrogen) atoms. The van der Waals surface area contributed by atoms with Crippen LogP contribution in [0, 0.1) is 0 Å². The van der Waals surface area contributed by atoms with Gasteiger partial charge in [-0.1, -0.05) is 47.4 Å². The Hall–Kier alpha value is -2.13. The van der Waals surface area contributed by atoms with Crippen LogP contribution in [0.25, 0.3) is 16.3 Å². The molecule has 0 bridgehead atoms. The molecule has 1 aliphatic rings. The van der Waals surface area contributed by atoms with Gasteiger partial charge in [0.25, 0.3) is 5.01 Å². The first-order valence-corrected chi connectivity index (χ1v) is 13.4. The number of aryl methyl sites for hydroxylation is 1. The second-order valence-electron chi connectivity index (χ2n) is 7.36. The summed E-state index contributed by atoms with van der Waals surface area (Å²) in [6, 6.07) is 16.5. The summed E-state index contributed by atoms with van der Waals surface area (Å²) >= 11 is 3.45. The first kappa shape index (κ1) is 22.1. The van der Waals surface area contributed by atoms with Gasteiger partial charge in [0, 0.05) is 35.8 Å². The summed E-state index contributed by atoms with van der Waals surface area (Å²) in [6.45, 7) is 5.62. The van der Waals surface area contributed by atoms with E-state index in [0.29, 0.717) is 13.0 Å². The van der Waals surface area contributed by atoms with Crippen LogP contribution in [-0.4, -0.2) is 25.3 Å². The third-order valence-corrected chi connectivity index (χ3v) is 8.08. The minimum atomic E-state index is -4.21. The summed E-state index contributed by atoms with van der Waals surface area (Å²) in [7, 11) is -4.21. The molecular weight excluding hydrogens is 448 g/mol. The first-order chi connectivity index (χ1) is 14.9. The molecule has 0 radical (unpaired) electrons. The van der Waals surface area contributed by atoms with Crippen molar-refractivity contribution in [3.05, 3.63) is 70.2 Å². The molecule has 8 heteroatoms. The van der Waals surface area contributed by atoms with E-state index in [1.807, 2.05) is 18.2 Å². The van der Waals surface area contributed by atoms with Gasteiger partial charge in [0.2, 0.25) is 5.52 Å². The van der Waals surface area contributed by atoms with Gasteiger partial charge in [-0.05, 0) is 43.7 Å². The van der Waals surface area contributed by atoms with Crippen molar-refractivity contribution in [2.45, 2.75) is 31.7 Å². The van der Waals surface area contributed by atoms with Crippen molar-refractivity contribution in [3.63, 3.8) is 0 Å². The van der Waals surface area contributed by atoms with Crippen molar-refractivity contribution in [2.75, 3.05) is 17.2 Å². The second-order valence-corrected chi connectivity index (χ2v) is 11.0. The van der Waals surface area contributed by atoms with Crippen molar-refractivity contribution in [3.8, 4) is 0 Å².